The molecule has 1 heterocycles. The number of nitrogens with one attached hydrogen (secondary N) is 2. The average Bonchev–Trinajstić information content (AvgIpc) is 2.68. The Morgan fingerprint density at radius 3 is 2.50 bits per heavy atom. The van der Waals surface area contributed by atoms with Crippen LogP contribution in [0.25, 0.3) is 0 Å². The first-order valence-electron chi connectivity index (χ1n) is 8.28. The Morgan fingerprint density at radius 1 is 1.25 bits per heavy atom. The predicted molar refractivity (Wildman–Crippen MR) is 98.5 cm³/mol. The number of rotatable bonds is 5. The Balaban J connectivity index is 2.19. The molecule has 1 fully saturated rings. The second-order valence-corrected chi connectivity index (χ2v) is 8.12. The van der Waals surface area contributed by atoms with Gasteiger partial charge in [0.25, 0.3) is 5.91 Å². The summed E-state index contributed by atoms with van der Waals surface area (Å²) in [6, 6.07) is 2.88. The first-order valence-corrected chi connectivity index (χ1v) is 10.1. The molecule has 3 amide bonds. The zero-order chi connectivity index (χ0) is 20.9. The van der Waals surface area contributed by atoms with Crippen LogP contribution >= 0.6 is 11.6 Å². The second kappa shape index (κ2) is 9.32. The molecule has 1 aromatic carbocycles. The number of nitrogens with zero attached hydrogens (tertiary/aromatic N) is 1. The molecule has 154 valence electrons. The van der Waals surface area contributed by atoms with E-state index in [2.05, 4.69) is 5.32 Å². The predicted octanol–water partition coefficient (Wildman–Crippen LogP) is 0.362. The van der Waals surface area contributed by atoms with Crippen molar-refractivity contribution in [3.05, 3.63) is 28.8 Å². The number of imide groups is 1. The summed E-state index contributed by atoms with van der Waals surface area (Å²) in [6.45, 7) is 2.21. The number of hydrogen-bond acceptors (Lipinski definition) is 7. The first-order chi connectivity index (χ1) is 13.2. The van der Waals surface area contributed by atoms with E-state index in [0.29, 0.717) is 0 Å². The third-order valence-corrected chi connectivity index (χ3v) is 6.11. The van der Waals surface area contributed by atoms with E-state index < -0.39 is 34.0 Å². The molecule has 12 heteroatoms. The summed E-state index contributed by atoms with van der Waals surface area (Å²) < 4.78 is 36.8. The highest BCUT2D eigenvalue weighted by Gasteiger charge is 2.28. The van der Waals surface area contributed by atoms with E-state index in [0.717, 1.165) is 6.07 Å². The summed E-state index contributed by atoms with van der Waals surface area (Å²) >= 11 is 6.00. The summed E-state index contributed by atoms with van der Waals surface area (Å²) in [5.74, 6) is -1.84. The minimum Gasteiger partial charge on any atom is -0.449 e. The number of carbonyl (C=O) groups excluding carboxylic acids is 3. The van der Waals surface area contributed by atoms with Crippen molar-refractivity contribution in [2.75, 3.05) is 33.4 Å². The highest BCUT2D eigenvalue weighted by molar-refractivity contribution is 7.89. The van der Waals surface area contributed by atoms with Gasteiger partial charge in [-0.1, -0.05) is 11.6 Å². The molecule has 0 aliphatic carbocycles. The number of halogens is 1. The largest absolute Gasteiger partial charge is 0.449 e. The van der Waals surface area contributed by atoms with Crippen LogP contribution in [0.3, 0.4) is 0 Å². The number of hydrogen-bond donors (Lipinski definition) is 2. The molecule has 1 atom stereocenters. The molecule has 0 bridgehead atoms. The van der Waals surface area contributed by atoms with Gasteiger partial charge in [0, 0.05) is 20.1 Å². The molecule has 1 aromatic rings. The lowest BCUT2D eigenvalue weighted by molar-refractivity contribution is -0.127. The molecular weight excluding hydrogens is 414 g/mol. The number of carbonyl (C=O) groups is 3. The fraction of sp³-hybridized carbons (Fsp3) is 0.438. The van der Waals surface area contributed by atoms with Crippen molar-refractivity contribution < 1.29 is 32.3 Å². The molecule has 1 saturated heterocycles. The summed E-state index contributed by atoms with van der Waals surface area (Å²) in [5.41, 5.74) is -0.212. The summed E-state index contributed by atoms with van der Waals surface area (Å²) in [5, 5.41) is 4.12. The van der Waals surface area contributed by atoms with Crippen molar-refractivity contribution in [3.63, 3.8) is 0 Å². The van der Waals surface area contributed by atoms with Gasteiger partial charge in [0.2, 0.25) is 10.0 Å². The van der Waals surface area contributed by atoms with Crippen LogP contribution in [0.15, 0.2) is 23.1 Å². The first kappa shape index (κ1) is 22.1. The lowest BCUT2D eigenvalue weighted by atomic mass is 10.2. The quantitative estimate of drug-likeness (QED) is 0.641. The highest BCUT2D eigenvalue weighted by atomic mass is 35.5. The van der Waals surface area contributed by atoms with Gasteiger partial charge in [-0.15, -0.1) is 0 Å². The smallest absolute Gasteiger partial charge is 0.340 e. The molecule has 0 saturated carbocycles. The third-order valence-electron chi connectivity index (χ3n) is 3.88. The second-order valence-electron chi connectivity index (χ2n) is 5.77. The lowest BCUT2D eigenvalue weighted by Gasteiger charge is -2.26. The normalized spacial score (nSPS) is 16.1. The van der Waals surface area contributed by atoms with Crippen LogP contribution in [0.4, 0.5) is 4.79 Å². The number of ether oxygens (including phenoxy) is 2. The van der Waals surface area contributed by atoms with Gasteiger partial charge in [-0.05, 0) is 25.1 Å². The van der Waals surface area contributed by atoms with E-state index in [4.69, 9.17) is 21.1 Å². The Bertz CT molecular complexity index is 869. The summed E-state index contributed by atoms with van der Waals surface area (Å²) in [6.07, 6.45) is -1.31. The zero-order valence-electron chi connectivity index (χ0n) is 15.2. The molecule has 1 aliphatic heterocycles. The Kier molecular flexibility index (Phi) is 7.35. The molecule has 0 radical (unpaired) electrons. The summed E-state index contributed by atoms with van der Waals surface area (Å²) in [4.78, 5) is 35.2. The maximum absolute atomic E-state index is 12.7. The number of esters is 1. The number of sulfonamides is 1. The number of urea groups is 1. The van der Waals surface area contributed by atoms with Crippen LogP contribution in [0.5, 0.6) is 0 Å². The minimum absolute atomic E-state index is 0.0372. The monoisotopic (exact) mass is 433 g/mol. The average molecular weight is 434 g/mol. The fourth-order valence-corrected chi connectivity index (χ4v) is 3.94. The van der Waals surface area contributed by atoms with Crippen molar-refractivity contribution in [1.29, 1.82) is 0 Å². The molecule has 0 aromatic heterocycles. The molecule has 0 spiro atoms. The van der Waals surface area contributed by atoms with Crippen LogP contribution in [0.1, 0.15) is 17.3 Å². The molecular formula is C16H20ClN3O7S. The van der Waals surface area contributed by atoms with E-state index in [-0.39, 0.29) is 41.8 Å². The maximum Gasteiger partial charge on any atom is 0.340 e. The number of benzene rings is 1. The van der Waals surface area contributed by atoms with E-state index >= 15 is 0 Å². The van der Waals surface area contributed by atoms with Gasteiger partial charge in [-0.3, -0.25) is 10.1 Å². The maximum atomic E-state index is 12.7. The number of amides is 3. The SMILES string of the molecule is CNC(=O)NC(=O)C(C)OC(=O)c1cc(S(=O)(=O)N2CCOCC2)ccc1Cl. The number of morpholine rings is 1. The zero-order valence-corrected chi connectivity index (χ0v) is 16.8. The van der Waals surface area contributed by atoms with Crippen LogP contribution < -0.4 is 10.6 Å². The van der Waals surface area contributed by atoms with Gasteiger partial charge >= 0.3 is 12.0 Å². The molecule has 1 unspecified atom stereocenters. The van der Waals surface area contributed by atoms with Crippen molar-refractivity contribution in [1.82, 2.24) is 14.9 Å². The van der Waals surface area contributed by atoms with E-state index in [1.54, 1.807) is 0 Å². The standard InChI is InChI=1S/C16H20ClN3O7S/c1-10(14(21)19-16(23)18-2)27-15(22)12-9-11(3-4-13(12)17)28(24,25)20-5-7-26-8-6-20/h3-4,9-10H,5-8H2,1-2H3,(H2,18,19,21,23). The Labute approximate surface area is 167 Å². The van der Waals surface area contributed by atoms with Gasteiger partial charge in [-0.2, -0.15) is 4.31 Å². The molecule has 2 rings (SSSR count). The van der Waals surface area contributed by atoms with Crippen molar-refractivity contribution in [2.24, 2.45) is 0 Å². The van der Waals surface area contributed by atoms with Crippen LogP contribution in [0.2, 0.25) is 5.02 Å². The van der Waals surface area contributed by atoms with Crippen LogP contribution in [-0.2, 0) is 24.3 Å². The Morgan fingerprint density at radius 2 is 1.89 bits per heavy atom. The van der Waals surface area contributed by atoms with Crippen molar-refractivity contribution in [3.8, 4) is 0 Å². The molecule has 10 nitrogen and oxygen atoms in total. The third kappa shape index (κ3) is 5.19. The van der Waals surface area contributed by atoms with Crippen LogP contribution in [-0.4, -0.2) is 70.1 Å². The topological polar surface area (TPSA) is 131 Å². The van der Waals surface area contributed by atoms with E-state index in [9.17, 15) is 22.8 Å². The van der Waals surface area contributed by atoms with Crippen molar-refractivity contribution >= 4 is 39.5 Å². The molecule has 1 aliphatic rings. The highest BCUT2D eigenvalue weighted by Crippen LogP contribution is 2.24. The van der Waals surface area contributed by atoms with Gasteiger partial charge in [0.1, 0.15) is 0 Å². The van der Waals surface area contributed by atoms with Gasteiger partial charge in [-0.25, -0.2) is 18.0 Å². The molecule has 2 N–H and O–H groups in total. The Hall–Kier alpha value is -2.21. The minimum atomic E-state index is -3.84. The van der Waals surface area contributed by atoms with E-state index in [1.807, 2.05) is 5.32 Å². The lowest BCUT2D eigenvalue weighted by Crippen LogP contribution is -2.43. The van der Waals surface area contributed by atoms with Crippen LogP contribution in [0, 0.1) is 0 Å². The van der Waals surface area contributed by atoms with E-state index in [1.165, 1.54) is 30.4 Å². The summed E-state index contributed by atoms with van der Waals surface area (Å²) in [7, 11) is -2.53. The van der Waals surface area contributed by atoms with Crippen molar-refractivity contribution in [2.45, 2.75) is 17.9 Å². The van der Waals surface area contributed by atoms with Gasteiger partial charge in [0.05, 0.1) is 28.7 Å². The fourth-order valence-electron chi connectivity index (χ4n) is 2.31. The van der Waals surface area contributed by atoms with Gasteiger partial charge in [0.15, 0.2) is 6.10 Å². The molecule has 28 heavy (non-hydrogen) atoms. The van der Waals surface area contributed by atoms with Gasteiger partial charge < -0.3 is 14.8 Å².